The molecule has 1 aliphatic carbocycles. The van der Waals surface area contributed by atoms with Crippen molar-refractivity contribution in [3.8, 4) is 5.69 Å². The molecular formula is C19H25ClN6+2. The number of nitrogens with zero attached hydrogens (tertiary/aromatic N) is 4. The lowest BCUT2D eigenvalue weighted by atomic mass is 9.75. The molecule has 2 saturated heterocycles. The second-order valence-corrected chi connectivity index (χ2v) is 9.53. The fourth-order valence-electron chi connectivity index (χ4n) is 4.95. The minimum atomic E-state index is 0.378. The fraction of sp³-hybridized carbons (Fsp3) is 0.579. The van der Waals surface area contributed by atoms with Gasteiger partial charge in [-0.1, -0.05) is 11.6 Å². The standard InChI is InChI=1S/C19H23ClN6/c1-18(4-5-18)25-7-13-6-14(20)2-3-15(13)26-16(8-25)22-23-17(26)24-11-19(12-24)9-21-10-19/h2-3,6,21H,4-5,7-12H2,1H3/p+2. The molecular weight excluding hydrogens is 348 g/mol. The van der Waals surface area contributed by atoms with Crippen LogP contribution in [0.5, 0.6) is 0 Å². The van der Waals surface area contributed by atoms with E-state index in [1.807, 2.05) is 6.07 Å². The van der Waals surface area contributed by atoms with Crippen LogP contribution in [-0.2, 0) is 13.1 Å². The van der Waals surface area contributed by atoms with Gasteiger partial charge in [0.05, 0.1) is 24.3 Å². The molecule has 4 aliphatic rings. The molecule has 2 aromatic rings. The average Bonchev–Trinajstić information content (AvgIpc) is 3.20. The van der Waals surface area contributed by atoms with Crippen LogP contribution in [-0.4, -0.2) is 46.5 Å². The van der Waals surface area contributed by atoms with E-state index in [9.17, 15) is 0 Å². The van der Waals surface area contributed by atoms with Crippen molar-refractivity contribution >= 4 is 17.5 Å². The number of fused-ring (bicyclic) bond motifs is 3. The number of nitrogens with two attached hydrogens (primary N) is 1. The Morgan fingerprint density at radius 2 is 1.96 bits per heavy atom. The predicted octanol–water partition coefficient (Wildman–Crippen LogP) is -0.245. The maximum atomic E-state index is 6.35. The van der Waals surface area contributed by atoms with E-state index < -0.39 is 0 Å². The first-order valence-electron chi connectivity index (χ1n) is 9.70. The minimum absolute atomic E-state index is 0.378. The van der Waals surface area contributed by atoms with Crippen molar-refractivity contribution in [2.75, 3.05) is 31.1 Å². The minimum Gasteiger partial charge on any atom is -0.345 e. The lowest BCUT2D eigenvalue weighted by Crippen LogP contribution is -3.14. The summed E-state index contributed by atoms with van der Waals surface area (Å²) in [5.74, 6) is 2.11. The summed E-state index contributed by atoms with van der Waals surface area (Å²) >= 11 is 6.35. The highest BCUT2D eigenvalue weighted by atomic mass is 35.5. The van der Waals surface area contributed by atoms with E-state index in [1.165, 1.54) is 37.2 Å². The van der Waals surface area contributed by atoms with Crippen LogP contribution in [0.4, 0.5) is 5.95 Å². The smallest absolute Gasteiger partial charge is 0.232 e. The van der Waals surface area contributed by atoms with Gasteiger partial charge in [0, 0.05) is 36.5 Å². The first kappa shape index (κ1) is 15.4. The van der Waals surface area contributed by atoms with E-state index in [0.717, 1.165) is 43.0 Å². The Morgan fingerprint density at radius 1 is 1.15 bits per heavy atom. The first-order chi connectivity index (χ1) is 12.6. The Bertz CT molecular complexity index is 889. The Labute approximate surface area is 158 Å². The molecule has 3 fully saturated rings. The Balaban J connectivity index is 1.44. The molecule has 0 amide bonds. The van der Waals surface area contributed by atoms with Crippen molar-refractivity contribution in [1.29, 1.82) is 0 Å². The van der Waals surface area contributed by atoms with Crippen LogP contribution in [0.15, 0.2) is 18.2 Å². The second-order valence-electron chi connectivity index (χ2n) is 9.10. The Morgan fingerprint density at radius 3 is 2.65 bits per heavy atom. The summed E-state index contributed by atoms with van der Waals surface area (Å²) in [6, 6.07) is 6.29. The number of nitrogens with one attached hydrogen (secondary N) is 1. The lowest BCUT2D eigenvalue weighted by Gasteiger charge is -2.52. The number of quaternary nitrogens is 2. The molecule has 1 saturated carbocycles. The van der Waals surface area contributed by atoms with Gasteiger partial charge in [0.25, 0.3) is 0 Å². The highest BCUT2D eigenvalue weighted by molar-refractivity contribution is 6.30. The summed E-state index contributed by atoms with van der Waals surface area (Å²) < 4.78 is 2.31. The van der Waals surface area contributed by atoms with E-state index >= 15 is 0 Å². The summed E-state index contributed by atoms with van der Waals surface area (Å²) in [6.07, 6.45) is 2.59. The maximum Gasteiger partial charge on any atom is 0.232 e. The van der Waals surface area contributed by atoms with Gasteiger partial charge in [0.15, 0.2) is 5.82 Å². The molecule has 26 heavy (non-hydrogen) atoms. The predicted molar refractivity (Wildman–Crippen MR) is 98.7 cm³/mol. The number of anilines is 1. The van der Waals surface area contributed by atoms with Crippen LogP contribution in [0, 0.1) is 5.41 Å². The van der Waals surface area contributed by atoms with E-state index in [0.29, 0.717) is 11.0 Å². The second kappa shape index (κ2) is 5.00. The van der Waals surface area contributed by atoms with Crippen molar-refractivity contribution < 1.29 is 10.2 Å². The number of hydrogen-bond acceptors (Lipinski definition) is 3. The number of hydrogen-bond donors (Lipinski definition) is 2. The monoisotopic (exact) mass is 372 g/mol. The van der Waals surface area contributed by atoms with Gasteiger partial charge in [-0.2, -0.15) is 0 Å². The molecule has 3 aliphatic heterocycles. The molecule has 136 valence electrons. The molecule has 1 unspecified atom stereocenters. The van der Waals surface area contributed by atoms with E-state index in [4.69, 9.17) is 11.6 Å². The molecule has 4 heterocycles. The van der Waals surface area contributed by atoms with Gasteiger partial charge in [-0.05, 0) is 25.1 Å². The van der Waals surface area contributed by atoms with Crippen LogP contribution < -0.4 is 15.1 Å². The molecule has 6 rings (SSSR count). The van der Waals surface area contributed by atoms with Gasteiger partial charge in [0.2, 0.25) is 5.95 Å². The van der Waals surface area contributed by atoms with Gasteiger partial charge in [0.1, 0.15) is 18.5 Å². The SMILES string of the molecule is CC1([NH+]2Cc3cc(Cl)ccc3-n3c(nnc3N3CC4(C[NH2+]C4)C3)C2)CC1. The van der Waals surface area contributed by atoms with E-state index in [-0.39, 0.29) is 0 Å². The maximum absolute atomic E-state index is 6.35. The lowest BCUT2D eigenvalue weighted by molar-refractivity contribution is -0.961. The van der Waals surface area contributed by atoms with Gasteiger partial charge in [-0.25, -0.2) is 0 Å². The molecule has 1 aromatic heterocycles. The van der Waals surface area contributed by atoms with Crippen LogP contribution in [0.25, 0.3) is 5.69 Å². The highest BCUT2D eigenvalue weighted by Gasteiger charge is 2.54. The van der Waals surface area contributed by atoms with Gasteiger partial charge >= 0.3 is 0 Å². The Hall–Kier alpha value is -1.63. The topological polar surface area (TPSA) is 55.0 Å². The third kappa shape index (κ3) is 2.12. The van der Waals surface area contributed by atoms with Crippen molar-refractivity contribution in [3.05, 3.63) is 34.6 Å². The van der Waals surface area contributed by atoms with Crippen LogP contribution in [0.1, 0.15) is 31.2 Å². The molecule has 0 radical (unpaired) electrons. The van der Waals surface area contributed by atoms with Gasteiger partial charge in [-0.3, -0.25) is 4.57 Å². The summed E-state index contributed by atoms with van der Waals surface area (Å²) in [5, 5.41) is 12.5. The zero-order valence-electron chi connectivity index (χ0n) is 15.1. The highest BCUT2D eigenvalue weighted by Crippen LogP contribution is 2.37. The third-order valence-electron chi connectivity index (χ3n) is 7.11. The summed E-state index contributed by atoms with van der Waals surface area (Å²) in [5.41, 5.74) is 3.43. The molecule has 1 spiro atoms. The molecule has 1 aromatic carbocycles. The molecule has 6 nitrogen and oxygen atoms in total. The molecule has 7 heteroatoms. The van der Waals surface area contributed by atoms with E-state index in [1.54, 1.807) is 4.90 Å². The largest absolute Gasteiger partial charge is 0.345 e. The van der Waals surface area contributed by atoms with Crippen LogP contribution >= 0.6 is 11.6 Å². The van der Waals surface area contributed by atoms with Gasteiger partial charge in [-0.15, -0.1) is 10.2 Å². The van der Waals surface area contributed by atoms with Crippen molar-refractivity contribution in [2.24, 2.45) is 5.41 Å². The molecule has 3 N–H and O–H groups in total. The average molecular weight is 373 g/mol. The van der Waals surface area contributed by atoms with Crippen LogP contribution in [0.3, 0.4) is 0 Å². The normalized spacial score (nSPS) is 27.2. The number of benzene rings is 1. The number of aromatic nitrogens is 3. The zero-order chi connectivity index (χ0) is 17.5. The van der Waals surface area contributed by atoms with E-state index in [2.05, 4.69) is 44.0 Å². The molecule has 0 bridgehead atoms. The summed E-state index contributed by atoms with van der Waals surface area (Å²) in [6.45, 7) is 9.07. The summed E-state index contributed by atoms with van der Waals surface area (Å²) in [4.78, 5) is 4.00. The molecule has 1 atom stereocenters. The Kier molecular flexibility index (Phi) is 2.97. The number of halogens is 1. The summed E-state index contributed by atoms with van der Waals surface area (Å²) in [7, 11) is 0. The first-order valence-corrected chi connectivity index (χ1v) is 10.1. The van der Waals surface area contributed by atoms with Crippen LogP contribution in [0.2, 0.25) is 5.02 Å². The fourth-order valence-corrected chi connectivity index (χ4v) is 5.15. The van der Waals surface area contributed by atoms with Crippen molar-refractivity contribution in [1.82, 2.24) is 14.8 Å². The van der Waals surface area contributed by atoms with Gasteiger partial charge < -0.3 is 15.1 Å². The number of rotatable bonds is 2. The zero-order valence-corrected chi connectivity index (χ0v) is 15.9. The third-order valence-corrected chi connectivity index (χ3v) is 7.35. The quantitative estimate of drug-likeness (QED) is 0.764. The van der Waals surface area contributed by atoms with Crippen molar-refractivity contribution in [2.45, 2.75) is 38.4 Å². The van der Waals surface area contributed by atoms with Crippen molar-refractivity contribution in [3.63, 3.8) is 0 Å².